The number of nitrogens with zero attached hydrogens (tertiary/aromatic N) is 1. The van der Waals surface area contributed by atoms with Crippen molar-refractivity contribution in [3.05, 3.63) is 60.4 Å². The highest BCUT2D eigenvalue weighted by Gasteiger charge is 2.13. The number of sulfonamides is 1. The van der Waals surface area contributed by atoms with Crippen LogP contribution in [0.25, 0.3) is 6.08 Å². The van der Waals surface area contributed by atoms with Crippen LogP contribution in [0.2, 0.25) is 0 Å². The zero-order valence-corrected chi connectivity index (χ0v) is 11.6. The van der Waals surface area contributed by atoms with Crippen molar-refractivity contribution in [2.24, 2.45) is 0 Å². The van der Waals surface area contributed by atoms with E-state index in [1.165, 1.54) is 42.7 Å². The van der Waals surface area contributed by atoms with E-state index in [9.17, 15) is 13.2 Å². The lowest BCUT2D eigenvalue weighted by molar-refractivity contribution is -0.131. The molecular formula is C14H12N2O4S. The second-order valence-corrected chi connectivity index (χ2v) is 5.76. The van der Waals surface area contributed by atoms with Crippen LogP contribution in [0.4, 0.5) is 5.69 Å². The molecule has 2 aromatic rings. The standard InChI is InChI=1S/C14H12N2O4S/c17-14(18)6-3-11-1-4-13(5-2-11)21(19,20)16-12-7-9-15-10-8-12/h1-10H,(H,15,16)(H,17,18)/b6-3+. The Morgan fingerprint density at radius 3 is 2.29 bits per heavy atom. The molecule has 0 aliphatic heterocycles. The molecule has 0 amide bonds. The summed E-state index contributed by atoms with van der Waals surface area (Å²) < 4.78 is 26.7. The maximum Gasteiger partial charge on any atom is 0.328 e. The van der Waals surface area contributed by atoms with Gasteiger partial charge in [-0.1, -0.05) is 12.1 Å². The summed E-state index contributed by atoms with van der Waals surface area (Å²) in [5, 5.41) is 8.52. The van der Waals surface area contributed by atoms with Gasteiger partial charge in [0.2, 0.25) is 0 Å². The first-order valence-corrected chi connectivity index (χ1v) is 7.39. The molecule has 2 rings (SSSR count). The summed E-state index contributed by atoms with van der Waals surface area (Å²) in [6, 6.07) is 8.96. The third kappa shape index (κ3) is 4.15. The van der Waals surface area contributed by atoms with E-state index in [4.69, 9.17) is 5.11 Å². The number of pyridine rings is 1. The molecule has 21 heavy (non-hydrogen) atoms. The molecule has 0 radical (unpaired) electrons. The minimum atomic E-state index is -3.68. The summed E-state index contributed by atoms with van der Waals surface area (Å²) in [6.07, 6.45) is 5.34. The van der Waals surface area contributed by atoms with Crippen molar-refractivity contribution in [2.75, 3.05) is 4.72 Å². The zero-order chi connectivity index (χ0) is 15.3. The van der Waals surface area contributed by atoms with Crippen molar-refractivity contribution in [1.82, 2.24) is 4.98 Å². The molecule has 0 spiro atoms. The molecule has 0 atom stereocenters. The minimum Gasteiger partial charge on any atom is -0.478 e. The van der Waals surface area contributed by atoms with Gasteiger partial charge in [0.1, 0.15) is 0 Å². The molecule has 1 heterocycles. The Labute approximate surface area is 121 Å². The number of carboxylic acids is 1. The van der Waals surface area contributed by atoms with Crippen LogP contribution in [0.3, 0.4) is 0 Å². The monoisotopic (exact) mass is 304 g/mol. The van der Waals surface area contributed by atoms with Crippen molar-refractivity contribution < 1.29 is 18.3 Å². The molecule has 1 aromatic heterocycles. The highest BCUT2D eigenvalue weighted by Crippen LogP contribution is 2.16. The normalized spacial score (nSPS) is 11.4. The van der Waals surface area contributed by atoms with Gasteiger partial charge in [-0.3, -0.25) is 9.71 Å². The van der Waals surface area contributed by atoms with Gasteiger partial charge in [-0.2, -0.15) is 0 Å². The number of aromatic nitrogens is 1. The molecule has 0 aliphatic rings. The SMILES string of the molecule is O=C(O)/C=C/c1ccc(S(=O)(=O)Nc2ccncc2)cc1. The van der Waals surface area contributed by atoms with Gasteiger partial charge < -0.3 is 5.11 Å². The van der Waals surface area contributed by atoms with E-state index in [1.807, 2.05) is 0 Å². The highest BCUT2D eigenvalue weighted by molar-refractivity contribution is 7.92. The number of benzene rings is 1. The summed E-state index contributed by atoms with van der Waals surface area (Å²) in [5.74, 6) is -1.06. The van der Waals surface area contributed by atoms with Crippen LogP contribution in [-0.2, 0) is 14.8 Å². The Morgan fingerprint density at radius 2 is 1.71 bits per heavy atom. The van der Waals surface area contributed by atoms with Gasteiger partial charge in [-0.05, 0) is 35.9 Å². The molecule has 6 nitrogen and oxygen atoms in total. The Balaban J connectivity index is 2.19. The summed E-state index contributed by atoms with van der Waals surface area (Å²) in [4.78, 5) is 14.3. The van der Waals surface area contributed by atoms with E-state index in [0.717, 1.165) is 6.08 Å². The molecule has 0 unspecified atom stereocenters. The van der Waals surface area contributed by atoms with E-state index in [0.29, 0.717) is 11.3 Å². The lowest BCUT2D eigenvalue weighted by Gasteiger charge is -2.07. The molecule has 108 valence electrons. The van der Waals surface area contributed by atoms with Crippen LogP contribution in [0.1, 0.15) is 5.56 Å². The summed E-state index contributed by atoms with van der Waals surface area (Å²) in [7, 11) is -3.68. The van der Waals surface area contributed by atoms with Gasteiger partial charge in [-0.15, -0.1) is 0 Å². The molecular weight excluding hydrogens is 292 g/mol. The maximum absolute atomic E-state index is 12.1. The maximum atomic E-state index is 12.1. The van der Waals surface area contributed by atoms with Gasteiger partial charge in [0.05, 0.1) is 10.6 Å². The third-order valence-corrected chi connectivity index (χ3v) is 3.94. The predicted molar refractivity (Wildman–Crippen MR) is 78.2 cm³/mol. The van der Waals surface area contributed by atoms with Gasteiger partial charge >= 0.3 is 5.97 Å². The molecule has 0 saturated carbocycles. The average molecular weight is 304 g/mol. The average Bonchev–Trinajstić information content (AvgIpc) is 2.46. The lowest BCUT2D eigenvalue weighted by atomic mass is 10.2. The van der Waals surface area contributed by atoms with Crippen molar-refractivity contribution in [3.8, 4) is 0 Å². The van der Waals surface area contributed by atoms with Crippen molar-refractivity contribution >= 4 is 27.8 Å². The van der Waals surface area contributed by atoms with Gasteiger partial charge in [0, 0.05) is 18.5 Å². The Morgan fingerprint density at radius 1 is 1.10 bits per heavy atom. The van der Waals surface area contributed by atoms with Crippen LogP contribution < -0.4 is 4.72 Å². The van der Waals surface area contributed by atoms with Crippen LogP contribution in [0, 0.1) is 0 Å². The minimum absolute atomic E-state index is 0.0896. The molecule has 0 fully saturated rings. The number of anilines is 1. The van der Waals surface area contributed by atoms with Crippen molar-refractivity contribution in [2.45, 2.75) is 4.90 Å². The first-order chi connectivity index (χ1) is 9.97. The fourth-order valence-electron chi connectivity index (χ4n) is 1.56. The summed E-state index contributed by atoms with van der Waals surface area (Å²) >= 11 is 0. The van der Waals surface area contributed by atoms with Crippen molar-refractivity contribution in [3.63, 3.8) is 0 Å². The van der Waals surface area contributed by atoms with Crippen molar-refractivity contribution in [1.29, 1.82) is 0 Å². The van der Waals surface area contributed by atoms with E-state index in [2.05, 4.69) is 9.71 Å². The zero-order valence-electron chi connectivity index (χ0n) is 10.8. The first kappa shape index (κ1) is 14.7. The molecule has 2 N–H and O–H groups in total. The number of rotatable bonds is 5. The van der Waals surface area contributed by atoms with Gasteiger partial charge in [-0.25, -0.2) is 13.2 Å². The molecule has 1 aromatic carbocycles. The van der Waals surface area contributed by atoms with Crippen LogP contribution in [0.5, 0.6) is 0 Å². The van der Waals surface area contributed by atoms with E-state index < -0.39 is 16.0 Å². The fourth-order valence-corrected chi connectivity index (χ4v) is 2.62. The second kappa shape index (κ2) is 6.19. The number of hydrogen-bond acceptors (Lipinski definition) is 4. The van der Waals surface area contributed by atoms with Crippen LogP contribution >= 0.6 is 0 Å². The number of aliphatic carboxylic acids is 1. The Kier molecular flexibility index (Phi) is 4.34. The molecule has 7 heteroatoms. The molecule has 0 bridgehead atoms. The quantitative estimate of drug-likeness (QED) is 0.823. The van der Waals surface area contributed by atoms with Gasteiger partial charge in [0.15, 0.2) is 0 Å². The number of carboxylic acid groups (broad SMARTS) is 1. The van der Waals surface area contributed by atoms with E-state index >= 15 is 0 Å². The largest absolute Gasteiger partial charge is 0.478 e. The third-order valence-electron chi connectivity index (χ3n) is 2.54. The van der Waals surface area contributed by atoms with Crippen LogP contribution in [0.15, 0.2) is 59.8 Å². The Bertz CT molecular complexity index is 753. The summed E-state index contributed by atoms with van der Waals surface area (Å²) in [5.41, 5.74) is 1.01. The molecule has 0 aliphatic carbocycles. The topological polar surface area (TPSA) is 96.4 Å². The number of carbonyl (C=O) groups is 1. The van der Waals surface area contributed by atoms with E-state index in [1.54, 1.807) is 12.1 Å². The molecule has 0 saturated heterocycles. The first-order valence-electron chi connectivity index (χ1n) is 5.91. The van der Waals surface area contributed by atoms with Crippen LogP contribution in [-0.4, -0.2) is 24.5 Å². The second-order valence-electron chi connectivity index (χ2n) is 4.08. The predicted octanol–water partition coefficient (Wildman–Crippen LogP) is 1.98. The van der Waals surface area contributed by atoms with Gasteiger partial charge in [0.25, 0.3) is 10.0 Å². The fraction of sp³-hybridized carbons (Fsp3) is 0. The lowest BCUT2D eigenvalue weighted by Crippen LogP contribution is -2.12. The summed E-state index contributed by atoms with van der Waals surface area (Å²) in [6.45, 7) is 0. The Hall–Kier alpha value is -2.67. The number of hydrogen-bond donors (Lipinski definition) is 2. The highest BCUT2D eigenvalue weighted by atomic mass is 32.2. The number of nitrogens with one attached hydrogen (secondary N) is 1. The smallest absolute Gasteiger partial charge is 0.328 e. The van der Waals surface area contributed by atoms with E-state index in [-0.39, 0.29) is 4.90 Å².